The van der Waals surface area contributed by atoms with Gasteiger partial charge >= 0.3 is 6.03 Å². The van der Waals surface area contributed by atoms with E-state index >= 15 is 0 Å². The second-order valence-electron chi connectivity index (χ2n) is 6.50. The van der Waals surface area contributed by atoms with Gasteiger partial charge in [0.25, 0.3) is 0 Å². The summed E-state index contributed by atoms with van der Waals surface area (Å²) in [5.74, 6) is 0. The van der Waals surface area contributed by atoms with Gasteiger partial charge < -0.3 is 20.1 Å². The van der Waals surface area contributed by atoms with Crippen molar-refractivity contribution >= 4 is 6.03 Å². The Morgan fingerprint density at radius 2 is 2.05 bits per heavy atom. The topological polar surface area (TPSA) is 61.8 Å². The van der Waals surface area contributed by atoms with Crippen molar-refractivity contribution < 1.29 is 14.6 Å². The molecule has 0 aromatic rings. The molecule has 1 saturated heterocycles. The average Bonchev–Trinajstić information content (AvgIpc) is 3.00. The van der Waals surface area contributed by atoms with Crippen molar-refractivity contribution in [1.82, 2.24) is 10.2 Å². The molecule has 2 N–H and O–H groups in total. The van der Waals surface area contributed by atoms with Crippen LogP contribution in [0, 0.1) is 5.41 Å². The summed E-state index contributed by atoms with van der Waals surface area (Å²) < 4.78 is 5.76. The van der Waals surface area contributed by atoms with E-state index in [2.05, 4.69) is 17.5 Å². The number of urea groups is 1. The van der Waals surface area contributed by atoms with Gasteiger partial charge in [-0.05, 0) is 32.6 Å². The molecule has 5 nitrogen and oxygen atoms in total. The number of nitrogens with one attached hydrogen (secondary N) is 1. The molecule has 0 aromatic heterocycles. The molecule has 3 aliphatic rings. The maximum absolute atomic E-state index is 12.3. The summed E-state index contributed by atoms with van der Waals surface area (Å²) in [4.78, 5) is 14.1. The first-order chi connectivity index (χ1) is 10.2. The van der Waals surface area contributed by atoms with Crippen LogP contribution < -0.4 is 5.32 Å². The van der Waals surface area contributed by atoms with Gasteiger partial charge in [-0.2, -0.15) is 0 Å². The Morgan fingerprint density at radius 1 is 1.38 bits per heavy atom. The van der Waals surface area contributed by atoms with Crippen LogP contribution in [0.5, 0.6) is 0 Å². The second-order valence-corrected chi connectivity index (χ2v) is 6.50. The number of amides is 2. The van der Waals surface area contributed by atoms with Crippen molar-refractivity contribution in [3.05, 3.63) is 12.2 Å². The Morgan fingerprint density at radius 3 is 2.62 bits per heavy atom. The van der Waals surface area contributed by atoms with E-state index in [-0.39, 0.29) is 29.7 Å². The van der Waals surface area contributed by atoms with Crippen LogP contribution in [0.2, 0.25) is 0 Å². The van der Waals surface area contributed by atoms with Crippen LogP contribution in [0.1, 0.15) is 39.0 Å². The van der Waals surface area contributed by atoms with E-state index in [9.17, 15) is 9.90 Å². The molecule has 2 atom stereocenters. The maximum Gasteiger partial charge on any atom is 0.317 e. The molecule has 0 aromatic carbocycles. The SMILES string of the molecule is CCO[C@@H]1C[C@H](O)C12CCN(C(=O)NC1CC=CC1)CC2. The number of likely N-dealkylation sites (tertiary alicyclic amines) is 1. The smallest absolute Gasteiger partial charge is 0.317 e. The first-order valence-corrected chi connectivity index (χ1v) is 8.16. The Kier molecular flexibility index (Phi) is 4.22. The summed E-state index contributed by atoms with van der Waals surface area (Å²) >= 11 is 0. The van der Waals surface area contributed by atoms with Crippen molar-refractivity contribution in [2.45, 2.75) is 57.3 Å². The third kappa shape index (κ3) is 2.69. The third-order valence-electron chi connectivity index (χ3n) is 5.43. The molecule has 1 aliphatic heterocycles. The predicted octanol–water partition coefficient (Wildman–Crippen LogP) is 1.67. The van der Waals surface area contributed by atoms with Gasteiger partial charge in [0, 0.05) is 37.6 Å². The quantitative estimate of drug-likeness (QED) is 0.778. The van der Waals surface area contributed by atoms with Gasteiger partial charge in [0.1, 0.15) is 0 Å². The van der Waals surface area contributed by atoms with Crippen LogP contribution in [0.25, 0.3) is 0 Å². The fourth-order valence-electron chi connectivity index (χ4n) is 3.94. The standard InChI is InChI=1S/C16H26N2O3/c1-2-21-14-11-13(19)16(14)7-9-18(10-8-16)15(20)17-12-5-3-4-6-12/h3-4,12-14,19H,2,5-11H2,1H3,(H,17,20)/t13-,14+/m0/s1. The molecule has 1 heterocycles. The molecule has 2 amide bonds. The first-order valence-electron chi connectivity index (χ1n) is 8.16. The fraction of sp³-hybridized carbons (Fsp3) is 0.812. The van der Waals surface area contributed by atoms with Gasteiger partial charge in [0.05, 0.1) is 12.2 Å². The molecule has 21 heavy (non-hydrogen) atoms. The largest absolute Gasteiger partial charge is 0.392 e. The summed E-state index contributed by atoms with van der Waals surface area (Å²) in [6, 6.07) is 0.305. The molecule has 118 valence electrons. The van der Waals surface area contributed by atoms with E-state index in [1.807, 2.05) is 11.8 Å². The van der Waals surface area contributed by atoms with Crippen LogP contribution in [-0.4, -0.2) is 54.0 Å². The van der Waals surface area contributed by atoms with Crippen molar-refractivity contribution in [2.24, 2.45) is 5.41 Å². The Bertz CT molecular complexity index is 406. The number of hydrogen-bond acceptors (Lipinski definition) is 3. The van der Waals surface area contributed by atoms with Crippen LogP contribution in [0.3, 0.4) is 0 Å². The van der Waals surface area contributed by atoms with Crippen LogP contribution in [0.4, 0.5) is 4.79 Å². The monoisotopic (exact) mass is 294 g/mol. The fourth-order valence-corrected chi connectivity index (χ4v) is 3.94. The normalized spacial score (nSPS) is 31.4. The zero-order valence-corrected chi connectivity index (χ0v) is 12.8. The summed E-state index contributed by atoms with van der Waals surface area (Å²) in [5.41, 5.74) is -0.109. The highest BCUT2D eigenvalue weighted by molar-refractivity contribution is 5.74. The number of hydrogen-bond donors (Lipinski definition) is 2. The van der Waals surface area contributed by atoms with Gasteiger partial charge in [-0.3, -0.25) is 0 Å². The van der Waals surface area contributed by atoms with Crippen LogP contribution in [0.15, 0.2) is 12.2 Å². The Balaban J connectivity index is 1.51. The third-order valence-corrected chi connectivity index (χ3v) is 5.43. The van der Waals surface area contributed by atoms with Crippen molar-refractivity contribution in [1.29, 1.82) is 0 Å². The van der Waals surface area contributed by atoms with Gasteiger partial charge in [-0.1, -0.05) is 12.2 Å². The lowest BCUT2D eigenvalue weighted by atomic mass is 9.58. The number of carbonyl (C=O) groups is 1. The van der Waals surface area contributed by atoms with E-state index in [0.29, 0.717) is 19.7 Å². The molecular weight excluding hydrogens is 268 g/mol. The van der Waals surface area contributed by atoms with Gasteiger partial charge in [0.15, 0.2) is 0 Å². The van der Waals surface area contributed by atoms with Crippen molar-refractivity contribution in [3.63, 3.8) is 0 Å². The lowest BCUT2D eigenvalue weighted by molar-refractivity contribution is -0.207. The van der Waals surface area contributed by atoms with E-state index in [1.165, 1.54) is 0 Å². The minimum Gasteiger partial charge on any atom is -0.392 e. The second kappa shape index (κ2) is 5.97. The minimum absolute atomic E-state index is 0.0420. The predicted molar refractivity (Wildman–Crippen MR) is 80.0 cm³/mol. The summed E-state index contributed by atoms with van der Waals surface area (Å²) in [5, 5.41) is 13.3. The highest BCUT2D eigenvalue weighted by Crippen LogP contribution is 2.50. The number of piperidine rings is 1. The molecule has 1 spiro atoms. The number of aliphatic hydroxyl groups excluding tert-OH is 1. The summed E-state index contributed by atoms with van der Waals surface area (Å²) in [6.45, 7) is 4.12. The molecule has 2 fully saturated rings. The lowest BCUT2D eigenvalue weighted by Crippen LogP contribution is -2.63. The molecule has 5 heteroatoms. The number of aliphatic hydroxyl groups is 1. The molecule has 3 rings (SSSR count). The molecule has 0 unspecified atom stereocenters. The molecule has 2 aliphatic carbocycles. The number of carbonyl (C=O) groups excluding carboxylic acids is 1. The number of rotatable bonds is 3. The summed E-state index contributed by atoms with van der Waals surface area (Å²) in [6.07, 6.45) is 8.45. The van der Waals surface area contributed by atoms with Crippen LogP contribution >= 0.6 is 0 Å². The molecule has 0 radical (unpaired) electrons. The van der Waals surface area contributed by atoms with E-state index in [0.717, 1.165) is 32.1 Å². The van der Waals surface area contributed by atoms with Crippen molar-refractivity contribution in [3.8, 4) is 0 Å². The minimum atomic E-state index is -0.265. The zero-order chi connectivity index (χ0) is 14.9. The first kappa shape index (κ1) is 14.9. The maximum atomic E-state index is 12.3. The molecule has 0 bridgehead atoms. The molecular formula is C16H26N2O3. The Labute approximate surface area is 126 Å². The highest BCUT2D eigenvalue weighted by Gasteiger charge is 2.56. The van der Waals surface area contributed by atoms with Crippen LogP contribution in [-0.2, 0) is 4.74 Å². The van der Waals surface area contributed by atoms with Crippen molar-refractivity contribution in [2.75, 3.05) is 19.7 Å². The number of nitrogens with zero attached hydrogens (tertiary/aromatic N) is 1. The van der Waals surface area contributed by atoms with Gasteiger partial charge in [-0.15, -0.1) is 0 Å². The summed E-state index contributed by atoms with van der Waals surface area (Å²) in [7, 11) is 0. The van der Waals surface area contributed by atoms with E-state index in [4.69, 9.17) is 4.74 Å². The average molecular weight is 294 g/mol. The highest BCUT2D eigenvalue weighted by atomic mass is 16.5. The Hall–Kier alpha value is -1.07. The number of ether oxygens (including phenoxy) is 1. The van der Waals surface area contributed by atoms with Gasteiger partial charge in [0.2, 0.25) is 0 Å². The van der Waals surface area contributed by atoms with E-state index < -0.39 is 0 Å². The molecule has 1 saturated carbocycles. The van der Waals surface area contributed by atoms with E-state index in [1.54, 1.807) is 0 Å². The lowest BCUT2D eigenvalue weighted by Gasteiger charge is -2.56. The van der Waals surface area contributed by atoms with Gasteiger partial charge in [-0.25, -0.2) is 4.79 Å². The zero-order valence-electron chi connectivity index (χ0n) is 12.8.